The first-order valence-electron chi connectivity index (χ1n) is 5.90. The molecule has 0 saturated carbocycles. The van der Waals surface area contributed by atoms with Crippen molar-refractivity contribution in [1.82, 2.24) is 4.98 Å². The van der Waals surface area contributed by atoms with Gasteiger partial charge in [-0.2, -0.15) is 0 Å². The number of hydrogen-bond donors (Lipinski definition) is 0. The highest BCUT2D eigenvalue weighted by Gasteiger charge is 2.07. The molecule has 0 aromatic carbocycles. The molecule has 0 radical (unpaired) electrons. The molecule has 1 aromatic rings. The standard InChI is InChI=1S/C12H15N.C2H6/c1-9-7-12(8-10(2)13-9)11-5-3-4-6-11;1-2/h5,7-8H,3-4,6H2,1-2H3;1-2H3. The summed E-state index contributed by atoms with van der Waals surface area (Å²) in [5.41, 5.74) is 5.14. The van der Waals surface area contributed by atoms with Gasteiger partial charge in [-0.1, -0.05) is 19.9 Å². The number of nitrogens with zero attached hydrogens (tertiary/aromatic N) is 1. The summed E-state index contributed by atoms with van der Waals surface area (Å²) >= 11 is 0. The van der Waals surface area contributed by atoms with Crippen molar-refractivity contribution in [2.75, 3.05) is 0 Å². The molecule has 0 bridgehead atoms. The van der Waals surface area contributed by atoms with E-state index in [1.54, 1.807) is 0 Å². The topological polar surface area (TPSA) is 12.9 Å². The third kappa shape index (κ3) is 3.19. The Hall–Kier alpha value is -1.11. The van der Waals surface area contributed by atoms with E-state index in [0.29, 0.717) is 0 Å². The van der Waals surface area contributed by atoms with E-state index in [1.165, 1.54) is 30.4 Å². The summed E-state index contributed by atoms with van der Waals surface area (Å²) in [6.45, 7) is 8.12. The Morgan fingerprint density at radius 1 is 1.07 bits per heavy atom. The lowest BCUT2D eigenvalue weighted by molar-refractivity contribution is 0.934. The largest absolute Gasteiger partial charge is 0.258 e. The SMILES string of the molecule is CC.Cc1cc(C2=CCCC2)cc(C)n1. The van der Waals surface area contributed by atoms with Crippen LogP contribution in [0.1, 0.15) is 50.1 Å². The second-order valence-electron chi connectivity index (χ2n) is 3.76. The van der Waals surface area contributed by atoms with Crippen LogP contribution in [0.3, 0.4) is 0 Å². The quantitative estimate of drug-likeness (QED) is 0.663. The predicted octanol–water partition coefficient (Wildman–Crippen LogP) is 4.29. The highest BCUT2D eigenvalue weighted by atomic mass is 14.7. The van der Waals surface area contributed by atoms with Crippen LogP contribution >= 0.6 is 0 Å². The molecular weight excluding hydrogens is 182 g/mol. The molecule has 1 nitrogen and oxygen atoms in total. The molecule has 0 atom stereocenters. The third-order valence-electron chi connectivity index (χ3n) is 2.49. The monoisotopic (exact) mass is 203 g/mol. The average Bonchev–Trinajstić information content (AvgIpc) is 2.72. The van der Waals surface area contributed by atoms with Crippen LogP contribution in [0.5, 0.6) is 0 Å². The van der Waals surface area contributed by atoms with Crippen LogP contribution in [-0.4, -0.2) is 4.98 Å². The number of hydrogen-bond acceptors (Lipinski definition) is 1. The van der Waals surface area contributed by atoms with E-state index in [-0.39, 0.29) is 0 Å². The summed E-state index contributed by atoms with van der Waals surface area (Å²) in [6.07, 6.45) is 6.16. The second-order valence-corrected chi connectivity index (χ2v) is 3.76. The smallest absolute Gasteiger partial charge is 0.0381 e. The minimum Gasteiger partial charge on any atom is -0.258 e. The van der Waals surface area contributed by atoms with Crippen LogP contribution in [0.2, 0.25) is 0 Å². The van der Waals surface area contributed by atoms with E-state index in [0.717, 1.165) is 11.4 Å². The molecule has 0 fully saturated rings. The van der Waals surface area contributed by atoms with Crippen molar-refractivity contribution in [2.24, 2.45) is 0 Å². The zero-order chi connectivity index (χ0) is 11.3. The summed E-state index contributed by atoms with van der Waals surface area (Å²) in [5, 5.41) is 0. The molecule has 0 amide bonds. The minimum atomic E-state index is 1.13. The number of aromatic nitrogens is 1. The number of pyridine rings is 1. The van der Waals surface area contributed by atoms with Crippen LogP contribution in [0.25, 0.3) is 5.57 Å². The lowest BCUT2D eigenvalue weighted by atomic mass is 10.1. The summed E-state index contributed by atoms with van der Waals surface area (Å²) in [6, 6.07) is 4.37. The first-order chi connectivity index (χ1) is 7.25. The van der Waals surface area contributed by atoms with Gasteiger partial charge in [0.05, 0.1) is 0 Å². The van der Waals surface area contributed by atoms with E-state index in [9.17, 15) is 0 Å². The molecule has 0 N–H and O–H groups in total. The Kier molecular flexibility index (Phi) is 4.54. The van der Waals surface area contributed by atoms with Gasteiger partial charge < -0.3 is 0 Å². The first kappa shape index (κ1) is 12.0. The summed E-state index contributed by atoms with van der Waals surface area (Å²) in [5.74, 6) is 0. The van der Waals surface area contributed by atoms with Crippen LogP contribution in [-0.2, 0) is 0 Å². The maximum atomic E-state index is 4.38. The maximum Gasteiger partial charge on any atom is 0.0381 e. The summed E-state index contributed by atoms with van der Waals surface area (Å²) in [4.78, 5) is 4.38. The van der Waals surface area contributed by atoms with Crippen molar-refractivity contribution in [3.63, 3.8) is 0 Å². The molecule has 1 aromatic heterocycles. The van der Waals surface area contributed by atoms with E-state index >= 15 is 0 Å². The molecule has 82 valence electrons. The fraction of sp³-hybridized carbons (Fsp3) is 0.500. The predicted molar refractivity (Wildman–Crippen MR) is 66.9 cm³/mol. The van der Waals surface area contributed by atoms with Crippen LogP contribution in [0, 0.1) is 13.8 Å². The summed E-state index contributed by atoms with van der Waals surface area (Å²) in [7, 11) is 0. The van der Waals surface area contributed by atoms with Gasteiger partial charge in [-0.25, -0.2) is 0 Å². The van der Waals surface area contributed by atoms with E-state index < -0.39 is 0 Å². The van der Waals surface area contributed by atoms with Crippen molar-refractivity contribution < 1.29 is 0 Å². The van der Waals surface area contributed by atoms with Crippen molar-refractivity contribution in [3.05, 3.63) is 35.2 Å². The molecule has 15 heavy (non-hydrogen) atoms. The van der Waals surface area contributed by atoms with Gasteiger partial charge in [0.15, 0.2) is 0 Å². The van der Waals surface area contributed by atoms with Crippen LogP contribution in [0.4, 0.5) is 0 Å². The highest BCUT2D eigenvalue weighted by molar-refractivity contribution is 5.67. The van der Waals surface area contributed by atoms with Crippen molar-refractivity contribution >= 4 is 5.57 Å². The second kappa shape index (κ2) is 5.69. The molecule has 1 aliphatic carbocycles. The van der Waals surface area contributed by atoms with Gasteiger partial charge in [-0.3, -0.25) is 4.98 Å². The van der Waals surface area contributed by atoms with E-state index in [1.807, 2.05) is 13.8 Å². The van der Waals surface area contributed by atoms with Crippen LogP contribution < -0.4 is 0 Å². The van der Waals surface area contributed by atoms with Crippen molar-refractivity contribution in [1.29, 1.82) is 0 Å². The number of allylic oxidation sites excluding steroid dienone is 2. The Bertz CT molecular complexity index is 330. The molecule has 2 rings (SSSR count). The van der Waals surface area contributed by atoms with Crippen molar-refractivity contribution in [3.8, 4) is 0 Å². The van der Waals surface area contributed by atoms with E-state index in [2.05, 4.69) is 37.0 Å². The van der Waals surface area contributed by atoms with Gasteiger partial charge >= 0.3 is 0 Å². The Morgan fingerprint density at radius 3 is 2.13 bits per heavy atom. The Morgan fingerprint density at radius 2 is 1.67 bits per heavy atom. The molecule has 1 aliphatic rings. The maximum absolute atomic E-state index is 4.38. The van der Waals surface area contributed by atoms with Gasteiger partial charge in [-0.15, -0.1) is 0 Å². The molecule has 0 spiro atoms. The van der Waals surface area contributed by atoms with Gasteiger partial charge in [0.1, 0.15) is 0 Å². The molecule has 0 unspecified atom stereocenters. The molecular formula is C14H21N. The molecule has 0 aliphatic heterocycles. The van der Waals surface area contributed by atoms with Gasteiger partial charge in [0, 0.05) is 11.4 Å². The Balaban J connectivity index is 0.000000531. The molecule has 0 saturated heterocycles. The van der Waals surface area contributed by atoms with E-state index in [4.69, 9.17) is 0 Å². The number of aryl methyl sites for hydroxylation is 2. The van der Waals surface area contributed by atoms with Gasteiger partial charge in [-0.05, 0) is 56.4 Å². The van der Waals surface area contributed by atoms with Gasteiger partial charge in [0.25, 0.3) is 0 Å². The zero-order valence-corrected chi connectivity index (χ0v) is 10.3. The van der Waals surface area contributed by atoms with Crippen molar-refractivity contribution in [2.45, 2.75) is 47.0 Å². The average molecular weight is 203 g/mol. The third-order valence-corrected chi connectivity index (χ3v) is 2.49. The van der Waals surface area contributed by atoms with Gasteiger partial charge in [0.2, 0.25) is 0 Å². The molecule has 1 heteroatoms. The zero-order valence-electron chi connectivity index (χ0n) is 10.3. The fourth-order valence-electron chi connectivity index (χ4n) is 1.95. The fourth-order valence-corrected chi connectivity index (χ4v) is 1.95. The lowest BCUT2D eigenvalue weighted by Crippen LogP contribution is -1.89. The minimum absolute atomic E-state index is 1.13. The Labute approximate surface area is 93.2 Å². The first-order valence-corrected chi connectivity index (χ1v) is 5.90. The molecule has 1 heterocycles. The lowest BCUT2D eigenvalue weighted by Gasteiger charge is -2.04. The highest BCUT2D eigenvalue weighted by Crippen LogP contribution is 2.27. The normalized spacial score (nSPS) is 14.3. The number of rotatable bonds is 1. The summed E-state index contributed by atoms with van der Waals surface area (Å²) < 4.78 is 0. The van der Waals surface area contributed by atoms with Crippen LogP contribution in [0.15, 0.2) is 18.2 Å².